The van der Waals surface area contributed by atoms with E-state index in [0.29, 0.717) is 29.9 Å². The Bertz CT molecular complexity index is 1380. The van der Waals surface area contributed by atoms with Crippen LogP contribution in [0, 0.1) is 17.5 Å². The van der Waals surface area contributed by atoms with Crippen LogP contribution < -0.4 is 5.32 Å². The maximum atomic E-state index is 14.0. The molecule has 1 aromatic carbocycles. The molecule has 33 heavy (non-hydrogen) atoms. The van der Waals surface area contributed by atoms with E-state index in [0.717, 1.165) is 23.4 Å². The zero-order valence-electron chi connectivity index (χ0n) is 18.4. The summed E-state index contributed by atoms with van der Waals surface area (Å²) in [5.74, 6) is -4.28. The summed E-state index contributed by atoms with van der Waals surface area (Å²) in [6, 6.07) is 7.19. The lowest BCUT2D eigenvalue weighted by Gasteiger charge is -2.35. The van der Waals surface area contributed by atoms with Gasteiger partial charge in [-0.15, -0.1) is 0 Å². The molecule has 9 heteroatoms. The average Bonchev–Trinajstić information content (AvgIpc) is 3.32. The molecule has 5 rings (SSSR count). The SMILES string of the molecule is Cn1nc2c(c1-c1cc(F)c(F)c(F)c1)CC(NC(=O)c1cnc3ccccn13)CC2(C)C. The number of hydrogen-bond donors (Lipinski definition) is 1. The Labute approximate surface area is 188 Å². The number of hydrogen-bond acceptors (Lipinski definition) is 3. The first kappa shape index (κ1) is 21.2. The fraction of sp³-hybridized carbons (Fsp3) is 0.292. The maximum absolute atomic E-state index is 14.0. The molecule has 1 atom stereocenters. The van der Waals surface area contributed by atoms with Gasteiger partial charge in [0.2, 0.25) is 0 Å². The molecule has 1 aliphatic carbocycles. The Hall–Kier alpha value is -3.62. The van der Waals surface area contributed by atoms with Crippen LogP contribution in [0.4, 0.5) is 13.2 Å². The molecule has 0 spiro atoms. The van der Waals surface area contributed by atoms with E-state index in [9.17, 15) is 18.0 Å². The van der Waals surface area contributed by atoms with Crippen LogP contribution in [0.2, 0.25) is 0 Å². The van der Waals surface area contributed by atoms with Gasteiger partial charge in [-0.05, 0) is 37.1 Å². The lowest BCUT2D eigenvalue weighted by molar-refractivity contribution is 0.0921. The topological polar surface area (TPSA) is 64.2 Å². The molecule has 6 nitrogen and oxygen atoms in total. The normalized spacial score (nSPS) is 17.2. The summed E-state index contributed by atoms with van der Waals surface area (Å²) < 4.78 is 44.8. The molecule has 0 radical (unpaired) electrons. The Kier molecular flexibility index (Phi) is 4.81. The third kappa shape index (κ3) is 3.48. The third-order valence-corrected chi connectivity index (χ3v) is 6.24. The molecule has 170 valence electrons. The molecule has 1 amide bonds. The van der Waals surface area contributed by atoms with Crippen molar-refractivity contribution in [2.45, 2.75) is 38.1 Å². The first-order valence-corrected chi connectivity index (χ1v) is 10.6. The number of carbonyl (C=O) groups is 1. The molecule has 3 aromatic heterocycles. The van der Waals surface area contributed by atoms with Gasteiger partial charge < -0.3 is 5.32 Å². The van der Waals surface area contributed by atoms with Gasteiger partial charge in [-0.1, -0.05) is 19.9 Å². The second-order valence-electron chi connectivity index (χ2n) is 9.09. The Morgan fingerprint density at radius 3 is 2.64 bits per heavy atom. The summed E-state index contributed by atoms with van der Waals surface area (Å²) in [6.45, 7) is 4.03. The molecule has 0 fully saturated rings. The summed E-state index contributed by atoms with van der Waals surface area (Å²) in [5, 5.41) is 7.70. The van der Waals surface area contributed by atoms with Gasteiger partial charge in [0.1, 0.15) is 11.3 Å². The van der Waals surface area contributed by atoms with Crippen molar-refractivity contribution in [3.05, 3.63) is 77.1 Å². The second kappa shape index (κ2) is 7.47. The van der Waals surface area contributed by atoms with Crippen molar-refractivity contribution in [1.29, 1.82) is 0 Å². The summed E-state index contributed by atoms with van der Waals surface area (Å²) in [4.78, 5) is 17.3. The fourth-order valence-electron chi connectivity index (χ4n) is 4.85. The number of nitrogens with one attached hydrogen (secondary N) is 1. The van der Waals surface area contributed by atoms with Crippen LogP contribution in [0.1, 0.15) is 42.0 Å². The lowest BCUT2D eigenvalue weighted by atomic mass is 9.73. The van der Waals surface area contributed by atoms with Gasteiger partial charge in [-0.3, -0.25) is 13.9 Å². The quantitative estimate of drug-likeness (QED) is 0.474. The van der Waals surface area contributed by atoms with Crippen molar-refractivity contribution in [3.63, 3.8) is 0 Å². The predicted octanol–water partition coefficient (Wildman–Crippen LogP) is 4.17. The number of fused-ring (bicyclic) bond motifs is 2. The highest BCUT2D eigenvalue weighted by Crippen LogP contribution is 2.41. The minimum absolute atomic E-state index is 0.201. The minimum atomic E-state index is -1.51. The summed E-state index contributed by atoms with van der Waals surface area (Å²) in [5.41, 5.74) is 2.97. The molecular formula is C24H22F3N5O. The fourth-order valence-corrected chi connectivity index (χ4v) is 4.85. The molecule has 3 heterocycles. The number of amides is 1. The number of halogens is 3. The van der Waals surface area contributed by atoms with Crippen LogP contribution in [-0.2, 0) is 18.9 Å². The monoisotopic (exact) mass is 453 g/mol. The highest BCUT2D eigenvalue weighted by molar-refractivity contribution is 5.93. The van der Waals surface area contributed by atoms with Crippen molar-refractivity contribution in [1.82, 2.24) is 24.5 Å². The van der Waals surface area contributed by atoms with Crippen molar-refractivity contribution in [2.24, 2.45) is 7.05 Å². The van der Waals surface area contributed by atoms with Gasteiger partial charge in [0, 0.05) is 35.8 Å². The van der Waals surface area contributed by atoms with Crippen LogP contribution in [0.5, 0.6) is 0 Å². The lowest BCUT2D eigenvalue weighted by Crippen LogP contribution is -2.44. The van der Waals surface area contributed by atoms with Gasteiger partial charge in [0.15, 0.2) is 17.5 Å². The molecule has 1 N–H and O–H groups in total. The molecule has 1 aliphatic rings. The van der Waals surface area contributed by atoms with Crippen LogP contribution in [0.3, 0.4) is 0 Å². The van der Waals surface area contributed by atoms with Gasteiger partial charge in [-0.2, -0.15) is 5.10 Å². The first-order chi connectivity index (χ1) is 15.7. The van der Waals surface area contributed by atoms with E-state index in [1.807, 2.05) is 32.0 Å². The highest BCUT2D eigenvalue weighted by Gasteiger charge is 2.39. The van der Waals surface area contributed by atoms with Gasteiger partial charge >= 0.3 is 0 Å². The van der Waals surface area contributed by atoms with Gasteiger partial charge in [0.25, 0.3) is 5.91 Å². The Morgan fingerprint density at radius 2 is 1.91 bits per heavy atom. The number of nitrogens with zero attached hydrogens (tertiary/aromatic N) is 4. The van der Waals surface area contributed by atoms with Gasteiger partial charge in [-0.25, -0.2) is 18.2 Å². The van der Waals surface area contributed by atoms with E-state index >= 15 is 0 Å². The number of imidazole rings is 1. The molecule has 0 aliphatic heterocycles. The number of pyridine rings is 1. The van der Waals surface area contributed by atoms with Crippen LogP contribution in [0.25, 0.3) is 16.9 Å². The summed E-state index contributed by atoms with van der Waals surface area (Å²) in [6.07, 6.45) is 4.36. The molecule has 0 saturated heterocycles. The molecule has 0 bridgehead atoms. The smallest absolute Gasteiger partial charge is 0.270 e. The largest absolute Gasteiger partial charge is 0.348 e. The average molecular weight is 453 g/mol. The standard InChI is InChI=1S/C24H22F3N5O/c1-24(2)11-14(29-23(33)18-12-28-19-6-4-5-7-32(18)19)10-15-21(31(3)30-22(15)24)13-8-16(25)20(27)17(26)9-13/h4-9,12,14H,10-11H2,1-3H3,(H,29,33). The summed E-state index contributed by atoms with van der Waals surface area (Å²) >= 11 is 0. The highest BCUT2D eigenvalue weighted by atomic mass is 19.2. The van der Waals surface area contributed by atoms with E-state index in [-0.39, 0.29) is 17.5 Å². The molecular weight excluding hydrogens is 431 g/mol. The Morgan fingerprint density at radius 1 is 1.18 bits per heavy atom. The van der Waals surface area contributed by atoms with Crippen LogP contribution in [-0.4, -0.2) is 31.1 Å². The number of carbonyl (C=O) groups excluding carboxylic acids is 1. The number of aromatic nitrogens is 4. The van der Waals surface area contributed by atoms with Crippen LogP contribution in [0.15, 0.2) is 42.7 Å². The maximum Gasteiger partial charge on any atom is 0.270 e. The van der Waals surface area contributed by atoms with Crippen molar-refractivity contribution >= 4 is 11.6 Å². The molecule has 0 saturated carbocycles. The van der Waals surface area contributed by atoms with Crippen molar-refractivity contribution < 1.29 is 18.0 Å². The number of benzene rings is 1. The summed E-state index contributed by atoms with van der Waals surface area (Å²) in [7, 11) is 1.69. The van der Waals surface area contributed by atoms with E-state index in [1.54, 1.807) is 22.3 Å². The zero-order chi connectivity index (χ0) is 23.5. The minimum Gasteiger partial charge on any atom is -0.348 e. The molecule has 4 aromatic rings. The van der Waals surface area contributed by atoms with E-state index in [4.69, 9.17) is 0 Å². The zero-order valence-corrected chi connectivity index (χ0v) is 18.4. The Balaban J connectivity index is 1.51. The predicted molar refractivity (Wildman–Crippen MR) is 116 cm³/mol. The van der Waals surface area contributed by atoms with Crippen molar-refractivity contribution in [3.8, 4) is 11.3 Å². The first-order valence-electron chi connectivity index (χ1n) is 10.6. The van der Waals surface area contributed by atoms with E-state index < -0.39 is 22.9 Å². The number of rotatable bonds is 3. The third-order valence-electron chi connectivity index (χ3n) is 6.24. The number of aryl methyl sites for hydroxylation is 1. The van der Waals surface area contributed by atoms with Crippen molar-refractivity contribution in [2.75, 3.05) is 0 Å². The second-order valence-corrected chi connectivity index (χ2v) is 9.09. The molecule has 1 unspecified atom stereocenters. The van der Waals surface area contributed by atoms with Gasteiger partial charge in [0.05, 0.1) is 17.6 Å². The van der Waals surface area contributed by atoms with E-state index in [1.165, 1.54) is 6.20 Å². The van der Waals surface area contributed by atoms with Crippen LogP contribution >= 0.6 is 0 Å². The van der Waals surface area contributed by atoms with E-state index in [2.05, 4.69) is 15.4 Å².